The van der Waals surface area contributed by atoms with Gasteiger partial charge < -0.3 is 10.6 Å². The van der Waals surface area contributed by atoms with Crippen LogP contribution in [0.2, 0.25) is 5.02 Å². The number of amides is 1. The highest BCUT2D eigenvalue weighted by Crippen LogP contribution is 2.24. The van der Waals surface area contributed by atoms with Gasteiger partial charge in [0.1, 0.15) is 0 Å². The molecule has 0 spiro atoms. The molecule has 0 aromatic heterocycles. The summed E-state index contributed by atoms with van der Waals surface area (Å²) in [5, 5.41) is 7.04. The van der Waals surface area contributed by atoms with E-state index in [1.807, 2.05) is 26.8 Å². The van der Waals surface area contributed by atoms with E-state index in [-0.39, 0.29) is 11.3 Å². The number of rotatable bonds is 2. The fraction of sp³-hybridized carbons (Fsp3) is 0.526. The lowest BCUT2D eigenvalue weighted by molar-refractivity contribution is -0.128. The fourth-order valence-corrected chi connectivity index (χ4v) is 2.76. The van der Waals surface area contributed by atoms with Gasteiger partial charge in [-0.15, -0.1) is 0 Å². The average Bonchev–Trinajstić information content (AvgIpc) is 2.73. The first-order chi connectivity index (χ1) is 10.9. The van der Waals surface area contributed by atoms with Gasteiger partial charge in [-0.05, 0) is 43.1 Å². The number of carbonyl (C=O) groups is 1. The van der Waals surface area contributed by atoms with Crippen LogP contribution in [0.5, 0.6) is 0 Å². The molecule has 1 aliphatic heterocycles. The van der Waals surface area contributed by atoms with Gasteiger partial charge in [-0.25, -0.2) is 0 Å². The molecule has 0 saturated heterocycles. The molecular weight excluding hydrogens is 308 g/mol. The summed E-state index contributed by atoms with van der Waals surface area (Å²) in [4.78, 5) is 11.8. The molecule has 0 bridgehead atoms. The Morgan fingerprint density at radius 3 is 2.78 bits per heavy atom. The molecule has 1 heterocycles. The van der Waals surface area contributed by atoms with Crippen molar-refractivity contribution in [1.82, 2.24) is 10.6 Å². The van der Waals surface area contributed by atoms with Gasteiger partial charge in [-0.3, -0.25) is 4.79 Å². The molecule has 2 rings (SSSR count). The summed E-state index contributed by atoms with van der Waals surface area (Å²) in [6, 6.07) is 4.05. The van der Waals surface area contributed by atoms with Crippen LogP contribution in [0.15, 0.2) is 12.1 Å². The van der Waals surface area contributed by atoms with E-state index >= 15 is 0 Å². The molecule has 0 radical (unpaired) electrons. The van der Waals surface area contributed by atoms with Crippen LogP contribution in [0.4, 0.5) is 0 Å². The summed E-state index contributed by atoms with van der Waals surface area (Å²) >= 11 is 6.34. The molecule has 4 heteroatoms. The maximum atomic E-state index is 11.8. The minimum Gasteiger partial charge on any atom is -0.355 e. The van der Waals surface area contributed by atoms with E-state index in [9.17, 15) is 4.79 Å². The maximum absolute atomic E-state index is 11.8. The van der Waals surface area contributed by atoms with Crippen LogP contribution < -0.4 is 10.6 Å². The molecule has 0 saturated carbocycles. The van der Waals surface area contributed by atoms with E-state index < -0.39 is 0 Å². The average molecular weight is 333 g/mol. The second-order valence-electron chi connectivity index (χ2n) is 6.87. The Kier molecular flexibility index (Phi) is 6.10. The van der Waals surface area contributed by atoms with Gasteiger partial charge in [0, 0.05) is 23.9 Å². The molecule has 1 aliphatic rings. The second-order valence-corrected chi connectivity index (χ2v) is 7.27. The topological polar surface area (TPSA) is 41.1 Å². The first-order valence-electron chi connectivity index (χ1n) is 8.18. The standard InChI is InChI=1S/C19H25ClN2O/c1-19(2,3)18(23)22-11-5-4-6-16-15-10-13-21-12-9-14(15)7-8-17(16)20/h7-8,21H,5,9-13H2,1-3H3,(H,22,23). The molecule has 23 heavy (non-hydrogen) atoms. The summed E-state index contributed by atoms with van der Waals surface area (Å²) in [5.74, 6) is 6.42. The van der Waals surface area contributed by atoms with Crippen molar-refractivity contribution in [2.75, 3.05) is 19.6 Å². The highest BCUT2D eigenvalue weighted by atomic mass is 35.5. The van der Waals surface area contributed by atoms with Crippen molar-refractivity contribution in [2.45, 2.75) is 40.0 Å². The van der Waals surface area contributed by atoms with Gasteiger partial charge in [-0.2, -0.15) is 0 Å². The van der Waals surface area contributed by atoms with Crippen molar-refractivity contribution < 1.29 is 4.79 Å². The number of hydrogen-bond donors (Lipinski definition) is 2. The molecule has 0 atom stereocenters. The third kappa shape index (κ3) is 4.99. The maximum Gasteiger partial charge on any atom is 0.225 e. The van der Waals surface area contributed by atoms with Crippen LogP contribution >= 0.6 is 11.6 Å². The SMILES string of the molecule is CC(C)(C)C(=O)NCCC#Cc1c(Cl)ccc2c1CCNCC2. The van der Waals surface area contributed by atoms with Crippen molar-refractivity contribution in [3.05, 3.63) is 33.8 Å². The highest BCUT2D eigenvalue weighted by Gasteiger charge is 2.20. The monoisotopic (exact) mass is 332 g/mol. The number of hydrogen-bond acceptors (Lipinski definition) is 2. The van der Waals surface area contributed by atoms with E-state index in [1.54, 1.807) is 0 Å². The number of fused-ring (bicyclic) bond motifs is 1. The molecule has 1 aromatic carbocycles. The van der Waals surface area contributed by atoms with Crippen LogP contribution in [-0.2, 0) is 17.6 Å². The molecule has 0 aliphatic carbocycles. The van der Waals surface area contributed by atoms with E-state index in [0.717, 1.165) is 36.5 Å². The predicted molar refractivity (Wildman–Crippen MR) is 95.7 cm³/mol. The molecule has 2 N–H and O–H groups in total. The van der Waals surface area contributed by atoms with Crippen LogP contribution in [0.25, 0.3) is 0 Å². The zero-order valence-electron chi connectivity index (χ0n) is 14.2. The molecule has 1 aromatic rings. The zero-order valence-corrected chi connectivity index (χ0v) is 14.9. The Morgan fingerprint density at radius 2 is 2.04 bits per heavy atom. The van der Waals surface area contributed by atoms with Crippen LogP contribution in [0, 0.1) is 17.3 Å². The third-order valence-corrected chi connectivity index (χ3v) is 4.23. The van der Waals surface area contributed by atoms with Gasteiger partial charge in [0.2, 0.25) is 5.91 Å². The molecular formula is C19H25ClN2O. The summed E-state index contributed by atoms with van der Waals surface area (Å²) in [7, 11) is 0. The first kappa shape index (κ1) is 17.8. The molecule has 3 nitrogen and oxygen atoms in total. The van der Waals surface area contributed by atoms with Crippen LogP contribution in [-0.4, -0.2) is 25.5 Å². The van der Waals surface area contributed by atoms with Gasteiger partial charge >= 0.3 is 0 Å². The van der Waals surface area contributed by atoms with Crippen molar-refractivity contribution in [1.29, 1.82) is 0 Å². The Morgan fingerprint density at radius 1 is 1.30 bits per heavy atom. The van der Waals surface area contributed by atoms with Gasteiger partial charge in [0.15, 0.2) is 0 Å². The minimum absolute atomic E-state index is 0.0528. The van der Waals surface area contributed by atoms with Gasteiger partial charge in [-0.1, -0.05) is 50.3 Å². The normalized spacial score (nSPS) is 14.3. The lowest BCUT2D eigenvalue weighted by Crippen LogP contribution is -2.35. The Balaban J connectivity index is 2.02. The van der Waals surface area contributed by atoms with E-state index in [4.69, 9.17) is 11.6 Å². The highest BCUT2D eigenvalue weighted by molar-refractivity contribution is 6.31. The quantitative estimate of drug-likeness (QED) is 0.646. The van der Waals surface area contributed by atoms with Crippen molar-refractivity contribution in [3.63, 3.8) is 0 Å². The minimum atomic E-state index is -0.361. The van der Waals surface area contributed by atoms with Gasteiger partial charge in [0.25, 0.3) is 0 Å². The Bertz CT molecular complexity index is 635. The fourth-order valence-electron chi connectivity index (χ4n) is 2.53. The van der Waals surface area contributed by atoms with Crippen LogP contribution in [0.1, 0.15) is 43.9 Å². The summed E-state index contributed by atoms with van der Waals surface area (Å²) in [6.45, 7) is 8.24. The van der Waals surface area contributed by atoms with Crippen LogP contribution in [0.3, 0.4) is 0 Å². The predicted octanol–water partition coefficient (Wildman–Crippen LogP) is 2.93. The Labute approximate surface area is 144 Å². The summed E-state index contributed by atoms with van der Waals surface area (Å²) in [6.07, 6.45) is 2.60. The van der Waals surface area contributed by atoms with Crippen molar-refractivity contribution in [2.24, 2.45) is 5.41 Å². The number of carbonyl (C=O) groups excluding carboxylic acids is 1. The second kappa shape index (κ2) is 7.86. The molecule has 124 valence electrons. The van der Waals surface area contributed by atoms with Gasteiger partial charge in [0.05, 0.1) is 5.02 Å². The first-order valence-corrected chi connectivity index (χ1v) is 8.55. The number of benzene rings is 1. The molecule has 0 fully saturated rings. The largest absolute Gasteiger partial charge is 0.355 e. The van der Waals surface area contributed by atoms with Crippen molar-refractivity contribution >= 4 is 17.5 Å². The van der Waals surface area contributed by atoms with E-state index in [1.165, 1.54) is 11.1 Å². The summed E-state index contributed by atoms with van der Waals surface area (Å²) < 4.78 is 0. The van der Waals surface area contributed by atoms with Crippen molar-refractivity contribution in [3.8, 4) is 11.8 Å². The van der Waals surface area contributed by atoms with E-state index in [2.05, 4.69) is 28.5 Å². The number of nitrogens with one attached hydrogen (secondary N) is 2. The molecule has 0 unspecified atom stereocenters. The third-order valence-electron chi connectivity index (χ3n) is 3.91. The summed E-state index contributed by atoms with van der Waals surface area (Å²) in [5.41, 5.74) is 3.20. The smallest absolute Gasteiger partial charge is 0.225 e. The zero-order chi connectivity index (χ0) is 16.9. The number of halogens is 1. The lowest BCUT2D eigenvalue weighted by Gasteiger charge is -2.16. The van der Waals surface area contributed by atoms with E-state index in [0.29, 0.717) is 13.0 Å². The Hall–Kier alpha value is -1.50. The lowest BCUT2D eigenvalue weighted by atomic mass is 9.96. The molecule has 1 amide bonds.